The molecule has 0 saturated carbocycles. The number of aromatic nitrogens is 4. The summed E-state index contributed by atoms with van der Waals surface area (Å²) in [6.45, 7) is 1.81. The van der Waals surface area contributed by atoms with Gasteiger partial charge in [-0.15, -0.1) is 5.10 Å². The highest BCUT2D eigenvalue weighted by atomic mass is 19.1. The molecule has 10 heteroatoms. The average Bonchev–Trinajstić information content (AvgIpc) is 3.37. The summed E-state index contributed by atoms with van der Waals surface area (Å²) in [5.74, 6) is -0.629. The Morgan fingerprint density at radius 1 is 1.09 bits per heavy atom. The third-order valence-corrected chi connectivity index (χ3v) is 5.82. The third-order valence-electron chi connectivity index (χ3n) is 5.82. The molecular formula is C25H21FN6O3. The summed E-state index contributed by atoms with van der Waals surface area (Å²) in [5, 5.41) is 18.8. The van der Waals surface area contributed by atoms with E-state index in [0.29, 0.717) is 16.8 Å². The van der Waals surface area contributed by atoms with Crippen LogP contribution in [0.15, 0.2) is 67.0 Å². The quantitative estimate of drug-likeness (QED) is 0.346. The fraction of sp³-hybridized carbons (Fsp3) is 0.120. The Kier molecular flexibility index (Phi) is 5.40. The number of hydrogen-bond donors (Lipinski definition) is 3. The van der Waals surface area contributed by atoms with Gasteiger partial charge in [0.15, 0.2) is 5.65 Å². The fourth-order valence-corrected chi connectivity index (χ4v) is 4.10. The number of carboxylic acid groups (broad SMARTS) is 1. The van der Waals surface area contributed by atoms with Crippen molar-refractivity contribution in [3.63, 3.8) is 0 Å². The largest absolute Gasteiger partial charge is 0.465 e. The number of pyridine rings is 1. The molecule has 0 spiro atoms. The van der Waals surface area contributed by atoms with Crippen molar-refractivity contribution >= 4 is 34.5 Å². The van der Waals surface area contributed by atoms with Gasteiger partial charge in [-0.25, -0.2) is 13.7 Å². The van der Waals surface area contributed by atoms with E-state index in [-0.39, 0.29) is 23.7 Å². The summed E-state index contributed by atoms with van der Waals surface area (Å²) in [4.78, 5) is 28.2. The monoisotopic (exact) mass is 472 g/mol. The lowest BCUT2D eigenvalue weighted by Crippen LogP contribution is -2.26. The van der Waals surface area contributed by atoms with Gasteiger partial charge >= 0.3 is 6.09 Å². The lowest BCUT2D eigenvalue weighted by atomic mass is 10.0. The van der Waals surface area contributed by atoms with E-state index in [0.717, 1.165) is 22.0 Å². The highest BCUT2D eigenvalue weighted by molar-refractivity contribution is 6.08. The number of fused-ring (bicyclic) bond motifs is 2. The number of anilines is 1. The van der Waals surface area contributed by atoms with Gasteiger partial charge in [0.25, 0.3) is 11.9 Å². The van der Waals surface area contributed by atoms with Gasteiger partial charge in [-0.2, -0.15) is 4.98 Å². The van der Waals surface area contributed by atoms with E-state index in [9.17, 15) is 14.0 Å². The van der Waals surface area contributed by atoms with Crippen LogP contribution in [0.2, 0.25) is 0 Å². The molecule has 2 aromatic carbocycles. The van der Waals surface area contributed by atoms with Gasteiger partial charge in [-0.3, -0.25) is 10.1 Å². The van der Waals surface area contributed by atoms with Crippen LogP contribution in [0.4, 0.5) is 15.1 Å². The second kappa shape index (κ2) is 8.56. The molecule has 2 amide bonds. The molecule has 176 valence electrons. The maximum Gasteiger partial charge on any atom is 0.411 e. The summed E-state index contributed by atoms with van der Waals surface area (Å²) in [5.41, 5.74) is 4.23. The van der Waals surface area contributed by atoms with Gasteiger partial charge in [-0.05, 0) is 60.0 Å². The van der Waals surface area contributed by atoms with Crippen molar-refractivity contribution in [2.24, 2.45) is 7.05 Å². The number of rotatable bonds is 5. The van der Waals surface area contributed by atoms with E-state index >= 15 is 0 Å². The highest BCUT2D eigenvalue weighted by Crippen LogP contribution is 2.29. The smallest absolute Gasteiger partial charge is 0.411 e. The lowest BCUT2D eigenvalue weighted by molar-refractivity contribution is 0.0941. The highest BCUT2D eigenvalue weighted by Gasteiger charge is 2.18. The molecule has 0 aliphatic rings. The first-order chi connectivity index (χ1) is 16.8. The molecule has 9 nitrogen and oxygen atoms in total. The Labute approximate surface area is 198 Å². The third kappa shape index (κ3) is 4.29. The fourth-order valence-electron chi connectivity index (χ4n) is 4.10. The molecule has 3 aromatic heterocycles. The average molecular weight is 472 g/mol. The second-order valence-electron chi connectivity index (χ2n) is 8.22. The zero-order chi connectivity index (χ0) is 24.7. The van der Waals surface area contributed by atoms with Crippen molar-refractivity contribution in [2.75, 3.05) is 5.32 Å². The molecule has 35 heavy (non-hydrogen) atoms. The second-order valence-corrected chi connectivity index (χ2v) is 8.22. The molecule has 5 rings (SSSR count). The van der Waals surface area contributed by atoms with Crippen LogP contribution in [0.5, 0.6) is 0 Å². The van der Waals surface area contributed by atoms with Crippen LogP contribution < -0.4 is 10.6 Å². The predicted molar refractivity (Wildman–Crippen MR) is 129 cm³/mol. The maximum absolute atomic E-state index is 13.6. The van der Waals surface area contributed by atoms with Crippen molar-refractivity contribution in [2.45, 2.75) is 13.0 Å². The molecule has 5 aromatic rings. The van der Waals surface area contributed by atoms with Gasteiger partial charge in [0, 0.05) is 30.3 Å². The summed E-state index contributed by atoms with van der Waals surface area (Å²) >= 11 is 0. The minimum atomic E-state index is -1.24. The predicted octanol–water partition coefficient (Wildman–Crippen LogP) is 4.61. The lowest BCUT2D eigenvalue weighted by Gasteiger charge is -2.14. The number of hydrogen-bond acceptors (Lipinski definition) is 4. The Morgan fingerprint density at radius 2 is 1.89 bits per heavy atom. The molecule has 0 fully saturated rings. The molecule has 0 radical (unpaired) electrons. The van der Waals surface area contributed by atoms with Gasteiger partial charge in [0.1, 0.15) is 5.82 Å². The molecule has 0 aliphatic carbocycles. The number of halogens is 1. The number of carbonyl (C=O) groups is 2. The van der Waals surface area contributed by atoms with Crippen molar-refractivity contribution in [3.05, 3.63) is 83.9 Å². The van der Waals surface area contributed by atoms with Gasteiger partial charge < -0.3 is 15.0 Å². The van der Waals surface area contributed by atoms with Crippen LogP contribution in [-0.2, 0) is 7.05 Å². The van der Waals surface area contributed by atoms with Crippen LogP contribution in [0, 0.1) is 5.82 Å². The molecule has 0 saturated heterocycles. The maximum atomic E-state index is 13.6. The summed E-state index contributed by atoms with van der Waals surface area (Å²) in [7, 11) is 1.87. The SMILES string of the molecule is CC(NC(=O)c1cn(C)c2ccc(-c3ccn4nc(NC(=O)O)nc4c3)cc12)c1cccc(F)c1. The Balaban J connectivity index is 1.48. The summed E-state index contributed by atoms with van der Waals surface area (Å²) in [6.07, 6.45) is 2.22. The number of aryl methyl sites for hydroxylation is 1. The van der Waals surface area contributed by atoms with Crippen LogP contribution >= 0.6 is 0 Å². The number of carbonyl (C=O) groups excluding carboxylic acids is 1. The van der Waals surface area contributed by atoms with E-state index in [2.05, 4.69) is 20.7 Å². The van der Waals surface area contributed by atoms with Gasteiger partial charge in [-0.1, -0.05) is 18.2 Å². The van der Waals surface area contributed by atoms with Gasteiger partial charge in [0.2, 0.25) is 0 Å². The first kappa shape index (κ1) is 22.1. The zero-order valence-corrected chi connectivity index (χ0v) is 18.9. The topological polar surface area (TPSA) is 114 Å². The standard InChI is InChI=1S/C25H21FN6O3/c1-14(15-4-3-5-18(26)10-15)27-23(33)20-13-31(2)21-7-6-16(11-19(20)21)17-8-9-32-22(12-17)28-24(30-32)29-25(34)35/h3-14H,1-2H3,(H,27,33)(H,29,30)(H,34,35). The summed E-state index contributed by atoms with van der Waals surface area (Å²) in [6, 6.07) is 15.2. The van der Waals surface area contributed by atoms with Crippen molar-refractivity contribution in [1.82, 2.24) is 24.5 Å². The molecule has 0 aliphatic heterocycles. The van der Waals surface area contributed by atoms with E-state index in [1.54, 1.807) is 30.6 Å². The zero-order valence-electron chi connectivity index (χ0n) is 18.9. The van der Waals surface area contributed by atoms with Crippen LogP contribution in [0.25, 0.3) is 27.7 Å². The minimum absolute atomic E-state index is 0.0143. The number of amides is 2. The summed E-state index contributed by atoms with van der Waals surface area (Å²) < 4.78 is 17.0. The Bertz CT molecular complexity index is 1610. The molecule has 3 heterocycles. The number of nitrogens with zero attached hydrogens (tertiary/aromatic N) is 4. The first-order valence-electron chi connectivity index (χ1n) is 10.8. The van der Waals surface area contributed by atoms with Crippen molar-refractivity contribution in [3.8, 4) is 11.1 Å². The first-order valence-corrected chi connectivity index (χ1v) is 10.8. The van der Waals surface area contributed by atoms with Crippen molar-refractivity contribution in [1.29, 1.82) is 0 Å². The van der Waals surface area contributed by atoms with Crippen LogP contribution in [0.3, 0.4) is 0 Å². The van der Waals surface area contributed by atoms with Crippen LogP contribution in [0.1, 0.15) is 28.9 Å². The van der Waals surface area contributed by atoms with E-state index < -0.39 is 6.09 Å². The van der Waals surface area contributed by atoms with Gasteiger partial charge in [0.05, 0.1) is 11.6 Å². The Hall–Kier alpha value is -4.73. The van der Waals surface area contributed by atoms with E-state index in [1.807, 2.05) is 42.8 Å². The number of benzene rings is 2. The van der Waals surface area contributed by atoms with E-state index in [4.69, 9.17) is 5.11 Å². The van der Waals surface area contributed by atoms with Crippen molar-refractivity contribution < 1.29 is 19.1 Å². The molecular weight excluding hydrogens is 451 g/mol. The van der Waals surface area contributed by atoms with E-state index in [1.165, 1.54) is 16.6 Å². The van der Waals surface area contributed by atoms with Crippen LogP contribution in [-0.4, -0.2) is 36.3 Å². The minimum Gasteiger partial charge on any atom is -0.465 e. The Morgan fingerprint density at radius 3 is 2.66 bits per heavy atom. The molecule has 0 bridgehead atoms. The molecule has 1 unspecified atom stereocenters. The normalized spacial score (nSPS) is 12.1. The number of nitrogens with one attached hydrogen (secondary N) is 2. The molecule has 1 atom stereocenters. The molecule has 3 N–H and O–H groups in total.